The number of aryl methyl sites for hydroxylation is 1. The highest BCUT2D eigenvalue weighted by Gasteiger charge is 2.07. The fourth-order valence-corrected chi connectivity index (χ4v) is 1.75. The predicted molar refractivity (Wildman–Crippen MR) is 63.8 cm³/mol. The highest BCUT2D eigenvalue weighted by Crippen LogP contribution is 2.10. The van der Waals surface area contributed by atoms with Crippen molar-refractivity contribution in [3.8, 4) is 5.95 Å². The van der Waals surface area contributed by atoms with Crippen LogP contribution in [0.4, 0.5) is 0 Å². The number of hydrogen-bond donors (Lipinski definition) is 0. The maximum Gasteiger partial charge on any atom is 0.255 e. The summed E-state index contributed by atoms with van der Waals surface area (Å²) in [5.74, 6) is 1.50. The Morgan fingerprint density at radius 2 is 1.94 bits per heavy atom. The maximum atomic E-state index is 4.48. The number of para-hydroxylation sites is 1. The van der Waals surface area contributed by atoms with E-state index in [-0.39, 0.29) is 0 Å². The van der Waals surface area contributed by atoms with Crippen LogP contribution >= 0.6 is 0 Å². The second kappa shape index (κ2) is 3.93. The minimum atomic E-state index is 0.568. The zero-order valence-corrected chi connectivity index (χ0v) is 9.41. The number of imidazole rings is 1. The average Bonchev–Trinajstić information content (AvgIpc) is 2.86. The Morgan fingerprint density at radius 3 is 2.76 bits per heavy atom. The molecule has 0 aliphatic carbocycles. The van der Waals surface area contributed by atoms with E-state index in [0.717, 1.165) is 23.3 Å². The average molecular weight is 225 g/mol. The Balaban J connectivity index is 2.18. The van der Waals surface area contributed by atoms with Crippen molar-refractivity contribution < 1.29 is 0 Å². The lowest BCUT2D eigenvalue weighted by Crippen LogP contribution is -2.05. The van der Waals surface area contributed by atoms with Crippen LogP contribution in [0, 0.1) is 0 Å². The van der Waals surface area contributed by atoms with Crippen molar-refractivity contribution in [1.82, 2.24) is 24.7 Å². The van der Waals surface area contributed by atoms with Gasteiger partial charge in [-0.3, -0.25) is 4.57 Å². The highest BCUT2D eigenvalue weighted by molar-refractivity contribution is 5.73. The Labute approximate surface area is 98.2 Å². The van der Waals surface area contributed by atoms with Gasteiger partial charge in [0.25, 0.3) is 5.95 Å². The summed E-state index contributed by atoms with van der Waals surface area (Å²) in [7, 11) is 0. The summed E-state index contributed by atoms with van der Waals surface area (Å²) in [4.78, 5) is 8.72. The molecule has 0 N–H and O–H groups in total. The van der Waals surface area contributed by atoms with Gasteiger partial charge in [-0.2, -0.15) is 0 Å². The largest absolute Gasteiger partial charge is 0.270 e. The Morgan fingerprint density at radius 1 is 1.12 bits per heavy atom. The number of nitrogens with zero attached hydrogens (tertiary/aromatic N) is 5. The van der Waals surface area contributed by atoms with E-state index in [0.29, 0.717) is 5.95 Å². The van der Waals surface area contributed by atoms with Gasteiger partial charge < -0.3 is 0 Å². The molecule has 0 saturated heterocycles. The van der Waals surface area contributed by atoms with E-state index >= 15 is 0 Å². The predicted octanol–water partition coefficient (Wildman–Crippen LogP) is 1.77. The molecule has 0 unspecified atom stereocenters. The fraction of sp³-hybridized carbons (Fsp3) is 0.167. The van der Waals surface area contributed by atoms with Crippen molar-refractivity contribution in [2.45, 2.75) is 13.3 Å². The normalized spacial score (nSPS) is 10.9. The summed E-state index contributed by atoms with van der Waals surface area (Å²) in [6, 6.07) is 7.69. The van der Waals surface area contributed by atoms with E-state index in [1.54, 1.807) is 6.20 Å². The molecule has 0 aliphatic heterocycles. The third kappa shape index (κ3) is 1.65. The molecule has 2 heterocycles. The fourth-order valence-electron chi connectivity index (χ4n) is 1.75. The molecule has 0 saturated carbocycles. The van der Waals surface area contributed by atoms with Gasteiger partial charge in [0, 0.05) is 18.8 Å². The number of hydrogen-bond acceptors (Lipinski definition) is 4. The number of fused-ring (bicyclic) bond motifs is 1. The van der Waals surface area contributed by atoms with Gasteiger partial charge in [0.1, 0.15) is 11.3 Å². The molecule has 2 aromatic heterocycles. The molecule has 0 fully saturated rings. The van der Waals surface area contributed by atoms with Crippen LogP contribution in [-0.2, 0) is 6.42 Å². The highest BCUT2D eigenvalue weighted by atomic mass is 15.3. The third-order valence-electron chi connectivity index (χ3n) is 2.60. The van der Waals surface area contributed by atoms with Crippen molar-refractivity contribution in [3.05, 3.63) is 42.5 Å². The summed E-state index contributed by atoms with van der Waals surface area (Å²) in [5, 5.41) is 8.27. The molecule has 3 aromatic rings. The van der Waals surface area contributed by atoms with E-state index in [4.69, 9.17) is 0 Å². The quantitative estimate of drug-likeness (QED) is 0.667. The first-order valence-electron chi connectivity index (χ1n) is 5.50. The van der Waals surface area contributed by atoms with Crippen LogP contribution in [-0.4, -0.2) is 24.7 Å². The molecular weight excluding hydrogens is 214 g/mol. The first-order valence-corrected chi connectivity index (χ1v) is 5.50. The zero-order chi connectivity index (χ0) is 11.7. The van der Waals surface area contributed by atoms with Crippen molar-refractivity contribution in [3.63, 3.8) is 0 Å². The standard InChI is InChI=1S/C12H11N5/c1-2-11-13-7-8-17(11)12-14-9-5-3-4-6-10(9)15-16-12/h3-8H,2H2,1H3. The summed E-state index contributed by atoms with van der Waals surface area (Å²) in [6.45, 7) is 2.05. The lowest BCUT2D eigenvalue weighted by molar-refractivity contribution is 0.815. The minimum absolute atomic E-state index is 0.568. The Kier molecular flexibility index (Phi) is 2.29. The zero-order valence-electron chi connectivity index (χ0n) is 9.41. The monoisotopic (exact) mass is 225 g/mol. The summed E-state index contributed by atoms with van der Waals surface area (Å²) >= 11 is 0. The number of rotatable bonds is 2. The van der Waals surface area contributed by atoms with E-state index in [1.807, 2.05) is 42.0 Å². The SMILES string of the molecule is CCc1nccn1-c1nnc2ccccc2n1. The van der Waals surface area contributed by atoms with Crippen LogP contribution in [0.1, 0.15) is 12.7 Å². The lowest BCUT2D eigenvalue weighted by Gasteiger charge is -2.04. The van der Waals surface area contributed by atoms with Crippen LogP contribution in [0.15, 0.2) is 36.7 Å². The van der Waals surface area contributed by atoms with E-state index < -0.39 is 0 Å². The van der Waals surface area contributed by atoms with Gasteiger partial charge in [0.2, 0.25) is 0 Å². The molecule has 0 atom stereocenters. The van der Waals surface area contributed by atoms with Crippen molar-refractivity contribution in [1.29, 1.82) is 0 Å². The second-order valence-corrected chi connectivity index (χ2v) is 3.67. The number of benzene rings is 1. The maximum absolute atomic E-state index is 4.48. The lowest BCUT2D eigenvalue weighted by atomic mass is 10.3. The topological polar surface area (TPSA) is 56.5 Å². The van der Waals surface area contributed by atoms with Crippen LogP contribution in [0.25, 0.3) is 17.0 Å². The molecule has 0 amide bonds. The molecule has 5 heteroatoms. The molecule has 17 heavy (non-hydrogen) atoms. The van der Waals surface area contributed by atoms with Crippen LogP contribution in [0.2, 0.25) is 0 Å². The summed E-state index contributed by atoms with van der Waals surface area (Å²) in [5.41, 5.74) is 1.64. The molecule has 3 rings (SSSR count). The van der Waals surface area contributed by atoms with Gasteiger partial charge in [-0.25, -0.2) is 9.97 Å². The first-order chi connectivity index (χ1) is 8.38. The first kappa shape index (κ1) is 9.89. The van der Waals surface area contributed by atoms with Crippen LogP contribution < -0.4 is 0 Å². The Bertz CT molecular complexity index is 659. The molecule has 0 bridgehead atoms. The van der Waals surface area contributed by atoms with Crippen molar-refractivity contribution >= 4 is 11.0 Å². The third-order valence-corrected chi connectivity index (χ3v) is 2.60. The smallest absolute Gasteiger partial charge is 0.255 e. The second-order valence-electron chi connectivity index (χ2n) is 3.67. The van der Waals surface area contributed by atoms with E-state index in [2.05, 4.69) is 20.2 Å². The molecule has 5 nitrogen and oxygen atoms in total. The van der Waals surface area contributed by atoms with E-state index in [1.165, 1.54) is 0 Å². The van der Waals surface area contributed by atoms with Crippen molar-refractivity contribution in [2.24, 2.45) is 0 Å². The molecule has 0 aliphatic rings. The van der Waals surface area contributed by atoms with Gasteiger partial charge >= 0.3 is 0 Å². The minimum Gasteiger partial charge on any atom is -0.270 e. The van der Waals surface area contributed by atoms with Crippen LogP contribution in [0.3, 0.4) is 0 Å². The molecule has 0 radical (unpaired) electrons. The van der Waals surface area contributed by atoms with E-state index in [9.17, 15) is 0 Å². The van der Waals surface area contributed by atoms with Gasteiger partial charge in [-0.1, -0.05) is 19.1 Å². The van der Waals surface area contributed by atoms with Crippen molar-refractivity contribution in [2.75, 3.05) is 0 Å². The van der Waals surface area contributed by atoms with Crippen LogP contribution in [0.5, 0.6) is 0 Å². The van der Waals surface area contributed by atoms with Gasteiger partial charge in [0.05, 0.1) is 5.52 Å². The number of aromatic nitrogens is 5. The summed E-state index contributed by atoms with van der Waals surface area (Å²) < 4.78 is 1.86. The molecule has 1 aromatic carbocycles. The Hall–Kier alpha value is -2.30. The van der Waals surface area contributed by atoms with Gasteiger partial charge in [-0.05, 0) is 12.1 Å². The molecule has 84 valence electrons. The molecule has 0 spiro atoms. The summed E-state index contributed by atoms with van der Waals surface area (Å²) in [6.07, 6.45) is 4.44. The molecular formula is C12H11N5. The van der Waals surface area contributed by atoms with Gasteiger partial charge in [-0.15, -0.1) is 10.2 Å². The van der Waals surface area contributed by atoms with Gasteiger partial charge in [0.15, 0.2) is 0 Å².